The van der Waals surface area contributed by atoms with Crippen LogP contribution in [0.2, 0.25) is 18.1 Å². The van der Waals surface area contributed by atoms with E-state index in [-0.39, 0.29) is 0 Å². The summed E-state index contributed by atoms with van der Waals surface area (Å²) in [5.41, 5.74) is 0. The highest BCUT2D eigenvalue weighted by Gasteiger charge is 2.30. The highest BCUT2D eigenvalue weighted by Crippen LogP contribution is 2.25. The van der Waals surface area contributed by atoms with Crippen molar-refractivity contribution in [2.75, 3.05) is 0 Å². The summed E-state index contributed by atoms with van der Waals surface area (Å²) in [6.45, 7) is 11.6. The van der Waals surface area contributed by atoms with Crippen LogP contribution in [0, 0.1) is 0 Å². The smallest absolute Gasteiger partial charge is 0.192 e. The van der Waals surface area contributed by atoms with E-state index < -0.39 is 8.32 Å². The van der Waals surface area contributed by atoms with E-state index in [1.807, 2.05) is 0 Å². The molecule has 0 N–H and O–H groups in total. The summed E-state index contributed by atoms with van der Waals surface area (Å²) in [5.74, 6) is 0. The van der Waals surface area contributed by atoms with Gasteiger partial charge < -0.3 is 4.43 Å². The van der Waals surface area contributed by atoms with Gasteiger partial charge in [0.2, 0.25) is 0 Å². The van der Waals surface area contributed by atoms with E-state index in [1.165, 1.54) is 88.8 Å². The second-order valence-corrected chi connectivity index (χ2v) is 11.9. The van der Waals surface area contributed by atoms with Crippen molar-refractivity contribution in [3.05, 3.63) is 0 Å². The molecule has 22 heavy (non-hydrogen) atoms. The molecule has 134 valence electrons. The van der Waals surface area contributed by atoms with Gasteiger partial charge in [-0.3, -0.25) is 0 Å². The highest BCUT2D eigenvalue weighted by molar-refractivity contribution is 6.73. The molecule has 0 aliphatic carbocycles. The minimum atomic E-state index is -1.38. The number of hydrogen-bond acceptors (Lipinski definition) is 1. The first kappa shape index (κ1) is 22.2. The van der Waals surface area contributed by atoms with Gasteiger partial charge in [-0.15, -0.1) is 0 Å². The minimum absolute atomic E-state index is 0.487. The molecule has 2 heteroatoms. The Morgan fingerprint density at radius 1 is 0.636 bits per heavy atom. The van der Waals surface area contributed by atoms with Gasteiger partial charge >= 0.3 is 0 Å². The van der Waals surface area contributed by atoms with E-state index in [0.717, 1.165) is 0 Å². The lowest BCUT2D eigenvalue weighted by molar-refractivity contribution is 0.191. The van der Waals surface area contributed by atoms with Crippen molar-refractivity contribution in [1.82, 2.24) is 0 Å². The Balaban J connectivity index is 3.51. The van der Waals surface area contributed by atoms with Gasteiger partial charge in [0.05, 0.1) is 0 Å². The van der Waals surface area contributed by atoms with Crippen molar-refractivity contribution >= 4 is 8.32 Å². The number of hydrogen-bond donors (Lipinski definition) is 0. The van der Waals surface area contributed by atoms with Crippen LogP contribution in [0.25, 0.3) is 0 Å². The zero-order valence-electron chi connectivity index (χ0n) is 16.4. The van der Waals surface area contributed by atoms with Gasteiger partial charge in [-0.05, 0) is 31.5 Å². The summed E-state index contributed by atoms with van der Waals surface area (Å²) < 4.78 is 6.51. The van der Waals surface area contributed by atoms with Gasteiger partial charge in [-0.25, -0.2) is 0 Å². The normalized spacial score (nSPS) is 13.5. The molecule has 0 bridgehead atoms. The highest BCUT2D eigenvalue weighted by atomic mass is 28.4. The van der Waals surface area contributed by atoms with E-state index in [0.29, 0.717) is 6.10 Å². The third kappa shape index (κ3) is 10.8. The molecule has 0 aliphatic rings. The van der Waals surface area contributed by atoms with Gasteiger partial charge in [0.1, 0.15) is 0 Å². The zero-order chi connectivity index (χ0) is 16.7. The average molecular weight is 329 g/mol. The van der Waals surface area contributed by atoms with Gasteiger partial charge in [0.25, 0.3) is 0 Å². The molecule has 0 fully saturated rings. The Morgan fingerprint density at radius 3 is 1.45 bits per heavy atom. The maximum Gasteiger partial charge on any atom is 0.192 e. The van der Waals surface area contributed by atoms with Crippen molar-refractivity contribution in [3.8, 4) is 0 Å². The van der Waals surface area contributed by atoms with Crippen LogP contribution in [0.15, 0.2) is 0 Å². The molecule has 0 saturated heterocycles. The second kappa shape index (κ2) is 14.7. The third-order valence-electron chi connectivity index (χ3n) is 5.35. The fourth-order valence-corrected chi connectivity index (χ4v) is 6.38. The fourth-order valence-electron chi connectivity index (χ4n) is 3.40. The van der Waals surface area contributed by atoms with Crippen molar-refractivity contribution in [2.45, 2.75) is 129 Å². The molecule has 0 aliphatic heterocycles. The standard InChI is InChI=1S/C20H44OSi/c1-6-10-11-12-13-14-15-16-17-18-19-20(5)21-22(7-2,8-3)9-4/h20H,6-19H2,1-5H3. The quantitative estimate of drug-likeness (QED) is 0.208. The molecular weight excluding hydrogens is 284 g/mol. The zero-order valence-corrected chi connectivity index (χ0v) is 17.4. The monoisotopic (exact) mass is 328 g/mol. The van der Waals surface area contributed by atoms with Crippen molar-refractivity contribution in [3.63, 3.8) is 0 Å². The number of rotatable bonds is 16. The van der Waals surface area contributed by atoms with Crippen LogP contribution in [0.1, 0.15) is 105 Å². The lowest BCUT2D eigenvalue weighted by Crippen LogP contribution is -2.39. The molecule has 0 aromatic rings. The molecular formula is C20H44OSi. The van der Waals surface area contributed by atoms with E-state index in [4.69, 9.17) is 4.43 Å². The van der Waals surface area contributed by atoms with Crippen molar-refractivity contribution < 1.29 is 4.43 Å². The van der Waals surface area contributed by atoms with Crippen molar-refractivity contribution in [2.24, 2.45) is 0 Å². The van der Waals surface area contributed by atoms with Crippen LogP contribution >= 0.6 is 0 Å². The average Bonchev–Trinajstić information content (AvgIpc) is 2.54. The molecule has 0 heterocycles. The van der Waals surface area contributed by atoms with Gasteiger partial charge in [-0.1, -0.05) is 91.9 Å². The van der Waals surface area contributed by atoms with Crippen LogP contribution < -0.4 is 0 Å². The van der Waals surface area contributed by atoms with Crippen LogP contribution in [0.5, 0.6) is 0 Å². The van der Waals surface area contributed by atoms with Gasteiger partial charge in [-0.2, -0.15) is 0 Å². The Labute approximate surface area is 142 Å². The molecule has 0 rings (SSSR count). The van der Waals surface area contributed by atoms with Crippen LogP contribution in [0.3, 0.4) is 0 Å². The molecule has 1 atom stereocenters. The molecule has 0 aromatic carbocycles. The summed E-state index contributed by atoms with van der Waals surface area (Å²) in [6.07, 6.45) is 16.0. The lowest BCUT2D eigenvalue weighted by Gasteiger charge is -2.31. The summed E-state index contributed by atoms with van der Waals surface area (Å²) in [5, 5.41) is 0. The Hall–Kier alpha value is 0.177. The first-order valence-corrected chi connectivity index (χ1v) is 12.8. The van der Waals surface area contributed by atoms with Gasteiger partial charge in [0, 0.05) is 6.10 Å². The first-order chi connectivity index (χ1) is 10.6. The topological polar surface area (TPSA) is 9.23 Å². The van der Waals surface area contributed by atoms with Gasteiger partial charge in [0.15, 0.2) is 8.32 Å². The largest absolute Gasteiger partial charge is 0.414 e. The maximum absolute atomic E-state index is 6.51. The predicted octanol–water partition coefficient (Wildman–Crippen LogP) is 7.71. The third-order valence-corrected chi connectivity index (χ3v) is 10.1. The molecule has 1 unspecified atom stereocenters. The van der Waals surface area contributed by atoms with Crippen LogP contribution in [-0.2, 0) is 4.43 Å². The predicted molar refractivity (Wildman–Crippen MR) is 104 cm³/mol. The second-order valence-electron chi connectivity index (χ2n) is 7.14. The van der Waals surface area contributed by atoms with E-state index >= 15 is 0 Å². The molecule has 0 radical (unpaired) electrons. The summed E-state index contributed by atoms with van der Waals surface area (Å²) in [4.78, 5) is 0. The van der Waals surface area contributed by atoms with E-state index in [2.05, 4.69) is 34.6 Å². The van der Waals surface area contributed by atoms with Crippen molar-refractivity contribution in [1.29, 1.82) is 0 Å². The Morgan fingerprint density at radius 2 is 1.05 bits per heavy atom. The maximum atomic E-state index is 6.51. The lowest BCUT2D eigenvalue weighted by atomic mass is 10.1. The summed E-state index contributed by atoms with van der Waals surface area (Å²) in [7, 11) is -1.38. The first-order valence-electron chi connectivity index (χ1n) is 10.3. The number of unbranched alkanes of at least 4 members (excludes halogenated alkanes) is 9. The molecule has 1 nitrogen and oxygen atoms in total. The summed E-state index contributed by atoms with van der Waals surface area (Å²) in [6, 6.07) is 3.84. The Kier molecular flexibility index (Phi) is 14.9. The van der Waals surface area contributed by atoms with E-state index in [1.54, 1.807) is 0 Å². The Bertz CT molecular complexity index is 217. The summed E-state index contributed by atoms with van der Waals surface area (Å²) >= 11 is 0. The van der Waals surface area contributed by atoms with E-state index in [9.17, 15) is 0 Å². The fraction of sp³-hybridized carbons (Fsp3) is 1.00. The van der Waals surface area contributed by atoms with Crippen LogP contribution in [0.4, 0.5) is 0 Å². The minimum Gasteiger partial charge on any atom is -0.414 e. The SMILES string of the molecule is CCCCCCCCCCCCC(C)O[Si](CC)(CC)CC. The molecule has 0 saturated carbocycles. The molecule has 0 spiro atoms. The van der Waals surface area contributed by atoms with Crippen LogP contribution in [-0.4, -0.2) is 14.4 Å². The molecule has 0 amide bonds. The molecule has 0 aromatic heterocycles.